The minimum atomic E-state index is -0.857. The number of carbonyl (C=O) groups excluding carboxylic acids is 4. The number of hydrogen-bond donors (Lipinski definition) is 0. The number of imide groups is 1. The van der Waals surface area contributed by atoms with Gasteiger partial charge in [-0.1, -0.05) is 54.2 Å². The van der Waals surface area contributed by atoms with Crippen molar-refractivity contribution >= 4 is 41.0 Å². The molecule has 6 rings (SSSR count). The van der Waals surface area contributed by atoms with E-state index < -0.39 is 41.2 Å². The molecule has 0 saturated carbocycles. The van der Waals surface area contributed by atoms with E-state index in [9.17, 15) is 28.8 Å². The van der Waals surface area contributed by atoms with Crippen LogP contribution in [0.3, 0.4) is 0 Å². The SMILES string of the molecule is COc1ccc(-c2cc(-c3ccccc3)nc(SC3CC(=O)N(c4ccc(C(=O)OCC(=O)c5ccc(F)cc5)cc4)C3=O)c2C#N)cc1. The second-order valence-corrected chi connectivity index (χ2v) is 12.1. The zero-order valence-electron chi connectivity index (χ0n) is 26.0. The number of thioether (sulfide) groups is 1. The number of nitriles is 1. The van der Waals surface area contributed by atoms with E-state index in [0.29, 0.717) is 22.0 Å². The third-order valence-corrected chi connectivity index (χ3v) is 8.96. The third-order valence-electron chi connectivity index (χ3n) is 7.79. The molecule has 1 saturated heterocycles. The largest absolute Gasteiger partial charge is 0.497 e. The van der Waals surface area contributed by atoms with Gasteiger partial charge in [0.2, 0.25) is 11.8 Å². The minimum Gasteiger partial charge on any atom is -0.497 e. The van der Waals surface area contributed by atoms with Crippen molar-refractivity contribution in [3.05, 3.63) is 132 Å². The minimum absolute atomic E-state index is 0.104. The molecule has 5 aromatic rings. The fourth-order valence-electron chi connectivity index (χ4n) is 5.25. The number of halogens is 1. The van der Waals surface area contributed by atoms with Crippen LogP contribution < -0.4 is 9.64 Å². The standard InChI is InChI=1S/C38H26FN3O6S/c1-47-29-17-11-23(12-18-29)30-19-32(24-5-3-2-4-6-24)41-36(31(30)21-40)49-34-20-35(44)42(37(34)45)28-15-9-26(10-16-28)38(46)48-22-33(43)25-7-13-27(39)14-8-25/h2-19,34H,20,22H2,1H3. The van der Waals surface area contributed by atoms with E-state index in [1.54, 1.807) is 19.2 Å². The van der Waals surface area contributed by atoms with Crippen molar-refractivity contribution in [1.82, 2.24) is 4.98 Å². The fraction of sp³-hybridized carbons (Fsp3) is 0.105. The van der Waals surface area contributed by atoms with Crippen molar-refractivity contribution in [2.75, 3.05) is 18.6 Å². The van der Waals surface area contributed by atoms with E-state index in [2.05, 4.69) is 6.07 Å². The smallest absolute Gasteiger partial charge is 0.338 e. The lowest BCUT2D eigenvalue weighted by Gasteiger charge is -2.16. The first-order chi connectivity index (χ1) is 23.7. The second kappa shape index (κ2) is 14.3. The number of carbonyl (C=O) groups is 4. The van der Waals surface area contributed by atoms with E-state index in [-0.39, 0.29) is 28.8 Å². The van der Waals surface area contributed by atoms with Gasteiger partial charge in [-0.25, -0.2) is 19.1 Å². The summed E-state index contributed by atoms with van der Waals surface area (Å²) in [6.45, 7) is -0.543. The first-order valence-corrected chi connectivity index (χ1v) is 15.9. The molecule has 1 atom stereocenters. The molecule has 11 heteroatoms. The molecular formula is C38H26FN3O6S. The zero-order valence-corrected chi connectivity index (χ0v) is 26.8. The van der Waals surface area contributed by atoms with Crippen molar-refractivity contribution in [3.8, 4) is 34.2 Å². The summed E-state index contributed by atoms with van der Waals surface area (Å²) < 4.78 is 23.5. The van der Waals surface area contributed by atoms with Crippen molar-refractivity contribution in [1.29, 1.82) is 5.26 Å². The molecule has 242 valence electrons. The molecule has 4 aromatic carbocycles. The number of amides is 2. The average molecular weight is 672 g/mol. The van der Waals surface area contributed by atoms with E-state index in [4.69, 9.17) is 14.5 Å². The lowest BCUT2D eigenvalue weighted by molar-refractivity contribution is -0.121. The number of rotatable bonds is 10. The Kier molecular flexibility index (Phi) is 9.60. The quantitative estimate of drug-likeness (QED) is 0.0885. The number of methoxy groups -OCH3 is 1. The van der Waals surface area contributed by atoms with Gasteiger partial charge in [0.05, 0.1) is 34.9 Å². The number of anilines is 1. The molecule has 0 bridgehead atoms. The molecule has 1 fully saturated rings. The summed E-state index contributed by atoms with van der Waals surface area (Å²) in [5.41, 5.74) is 3.62. The van der Waals surface area contributed by atoms with Gasteiger partial charge in [-0.15, -0.1) is 0 Å². The van der Waals surface area contributed by atoms with Crippen LogP contribution in [0.4, 0.5) is 10.1 Å². The summed E-state index contributed by atoms with van der Waals surface area (Å²) in [6.07, 6.45) is -0.126. The van der Waals surface area contributed by atoms with Gasteiger partial charge in [-0.2, -0.15) is 5.26 Å². The van der Waals surface area contributed by atoms with Gasteiger partial charge < -0.3 is 9.47 Å². The Morgan fingerprint density at radius 2 is 1.59 bits per heavy atom. The Labute approximate surface area is 284 Å². The first-order valence-electron chi connectivity index (χ1n) is 15.0. The van der Waals surface area contributed by atoms with Crippen LogP contribution in [0, 0.1) is 17.1 Å². The number of nitrogens with zero attached hydrogens (tertiary/aromatic N) is 3. The highest BCUT2D eigenvalue weighted by Crippen LogP contribution is 2.39. The van der Waals surface area contributed by atoms with Gasteiger partial charge in [0, 0.05) is 23.1 Å². The van der Waals surface area contributed by atoms with Crippen molar-refractivity contribution < 1.29 is 33.0 Å². The van der Waals surface area contributed by atoms with Gasteiger partial charge in [-0.05, 0) is 72.3 Å². The van der Waals surface area contributed by atoms with Crippen LogP contribution in [0.1, 0.15) is 32.7 Å². The predicted molar refractivity (Wildman–Crippen MR) is 181 cm³/mol. The maximum atomic E-state index is 13.7. The number of hydrogen-bond acceptors (Lipinski definition) is 9. The molecule has 0 N–H and O–H groups in total. The van der Waals surface area contributed by atoms with Crippen LogP contribution in [-0.2, 0) is 14.3 Å². The third kappa shape index (κ3) is 7.10. The first kappa shape index (κ1) is 32.8. The van der Waals surface area contributed by atoms with Gasteiger partial charge >= 0.3 is 5.97 Å². The lowest BCUT2D eigenvalue weighted by Crippen LogP contribution is -2.31. The number of ether oxygens (including phenoxy) is 2. The van der Waals surface area contributed by atoms with E-state index in [0.717, 1.165) is 39.9 Å². The molecule has 2 heterocycles. The van der Waals surface area contributed by atoms with E-state index in [1.165, 1.54) is 36.4 Å². The normalized spacial score (nSPS) is 14.0. The molecule has 1 aliphatic rings. The van der Waals surface area contributed by atoms with Crippen molar-refractivity contribution in [2.24, 2.45) is 0 Å². The Balaban J connectivity index is 1.21. The van der Waals surface area contributed by atoms with Crippen LogP contribution in [-0.4, -0.2) is 47.5 Å². The second-order valence-electron chi connectivity index (χ2n) is 10.9. The fourth-order valence-corrected chi connectivity index (χ4v) is 6.38. The number of aromatic nitrogens is 1. The van der Waals surface area contributed by atoms with Gasteiger partial charge in [0.1, 0.15) is 22.7 Å². The Hall–Kier alpha value is -6.12. The average Bonchev–Trinajstić information content (AvgIpc) is 3.42. The van der Waals surface area contributed by atoms with E-state index in [1.807, 2.05) is 48.5 Å². The molecular weight excluding hydrogens is 645 g/mol. The zero-order chi connectivity index (χ0) is 34.5. The molecule has 1 unspecified atom stereocenters. The van der Waals surface area contributed by atoms with Crippen LogP contribution in [0.5, 0.6) is 5.75 Å². The van der Waals surface area contributed by atoms with Crippen LogP contribution >= 0.6 is 11.8 Å². The van der Waals surface area contributed by atoms with Crippen molar-refractivity contribution in [3.63, 3.8) is 0 Å². The molecule has 9 nitrogen and oxygen atoms in total. The molecule has 2 amide bonds. The predicted octanol–water partition coefficient (Wildman–Crippen LogP) is 6.90. The Bertz CT molecular complexity index is 2100. The summed E-state index contributed by atoms with van der Waals surface area (Å²) in [5, 5.41) is 9.75. The Morgan fingerprint density at radius 1 is 0.918 bits per heavy atom. The number of ketones is 1. The summed E-state index contributed by atoms with van der Waals surface area (Å²) in [4.78, 5) is 57.5. The molecule has 1 aromatic heterocycles. The molecule has 0 radical (unpaired) electrons. The summed E-state index contributed by atoms with van der Waals surface area (Å²) in [7, 11) is 1.57. The monoisotopic (exact) mass is 671 g/mol. The highest BCUT2D eigenvalue weighted by molar-refractivity contribution is 8.00. The number of esters is 1. The van der Waals surface area contributed by atoms with Crippen LogP contribution in [0.15, 0.2) is 114 Å². The molecule has 0 spiro atoms. The van der Waals surface area contributed by atoms with Crippen molar-refractivity contribution in [2.45, 2.75) is 16.7 Å². The summed E-state index contributed by atoms with van der Waals surface area (Å²) in [6, 6.07) is 31.3. The maximum Gasteiger partial charge on any atom is 0.338 e. The topological polar surface area (TPSA) is 127 Å². The Morgan fingerprint density at radius 3 is 2.24 bits per heavy atom. The molecule has 49 heavy (non-hydrogen) atoms. The lowest BCUT2D eigenvalue weighted by atomic mass is 9.99. The molecule has 0 aliphatic carbocycles. The maximum absolute atomic E-state index is 13.7. The van der Waals surface area contributed by atoms with Crippen LogP contribution in [0.2, 0.25) is 0 Å². The summed E-state index contributed by atoms with van der Waals surface area (Å²) >= 11 is 1.06. The van der Waals surface area contributed by atoms with Crippen LogP contribution in [0.25, 0.3) is 22.4 Å². The highest BCUT2D eigenvalue weighted by Gasteiger charge is 2.41. The number of benzene rings is 4. The van der Waals surface area contributed by atoms with Gasteiger partial charge in [-0.3, -0.25) is 14.4 Å². The highest BCUT2D eigenvalue weighted by atomic mass is 32.2. The number of pyridine rings is 1. The van der Waals surface area contributed by atoms with Gasteiger partial charge in [0.15, 0.2) is 12.4 Å². The summed E-state index contributed by atoms with van der Waals surface area (Å²) in [5.74, 6) is -2.05. The van der Waals surface area contributed by atoms with Gasteiger partial charge in [0.25, 0.3) is 0 Å². The number of Topliss-reactive ketones (excluding diaryl/α,β-unsaturated/α-hetero) is 1. The molecule has 1 aliphatic heterocycles. The van der Waals surface area contributed by atoms with E-state index >= 15 is 0 Å².